The van der Waals surface area contributed by atoms with Gasteiger partial charge < -0.3 is 0 Å². The maximum atomic E-state index is 2.37. The van der Waals surface area contributed by atoms with Crippen molar-refractivity contribution < 1.29 is 0 Å². The molecule has 0 aromatic rings. The molecule has 0 rings (SSSR count). The van der Waals surface area contributed by atoms with Crippen molar-refractivity contribution >= 4 is 0 Å². The molecule has 0 bridgehead atoms. The molecule has 0 fully saturated rings. The van der Waals surface area contributed by atoms with E-state index in [1.807, 2.05) is 13.8 Å². The van der Waals surface area contributed by atoms with Crippen molar-refractivity contribution in [3.8, 4) is 0 Å². The first kappa shape index (κ1) is 26.9. The fourth-order valence-corrected chi connectivity index (χ4v) is 2.45. The van der Waals surface area contributed by atoms with E-state index < -0.39 is 0 Å². The monoisotopic (exact) mass is 314 g/mol. The summed E-state index contributed by atoms with van der Waals surface area (Å²) in [7, 11) is 0. The van der Waals surface area contributed by atoms with Gasteiger partial charge in [0.15, 0.2) is 0 Å². The fraction of sp³-hybridized carbons (Fsp3) is 1.00. The number of hydrogen-bond acceptors (Lipinski definition) is 0. The van der Waals surface area contributed by atoms with Gasteiger partial charge in [-0.05, 0) is 11.8 Å². The van der Waals surface area contributed by atoms with Crippen LogP contribution in [-0.2, 0) is 0 Å². The minimum atomic E-state index is 0.833. The smallest absolute Gasteiger partial charge is 0.0417 e. The highest BCUT2D eigenvalue weighted by Crippen LogP contribution is 2.20. The number of rotatable bonds is 12. The van der Waals surface area contributed by atoms with E-state index in [9.17, 15) is 0 Å². The van der Waals surface area contributed by atoms with Crippen molar-refractivity contribution in [1.29, 1.82) is 0 Å². The molecule has 138 valence electrons. The Morgan fingerprint density at radius 1 is 0.545 bits per heavy atom. The van der Waals surface area contributed by atoms with Crippen molar-refractivity contribution in [2.75, 3.05) is 0 Å². The average Bonchev–Trinajstić information content (AvgIpc) is 2.50. The summed E-state index contributed by atoms with van der Waals surface area (Å²) in [5, 5.41) is 0. The van der Waals surface area contributed by atoms with Crippen LogP contribution in [0.15, 0.2) is 0 Å². The second kappa shape index (κ2) is 25.9. The van der Waals surface area contributed by atoms with Gasteiger partial charge in [0.1, 0.15) is 0 Å². The molecule has 0 aliphatic carbocycles. The molecular weight excluding hydrogens is 264 g/mol. The predicted octanol–water partition coefficient (Wildman–Crippen LogP) is 9.03. The van der Waals surface area contributed by atoms with Crippen LogP contribution in [-0.4, -0.2) is 0 Å². The van der Waals surface area contributed by atoms with Gasteiger partial charge in [0.2, 0.25) is 0 Å². The maximum absolute atomic E-state index is 2.37. The first-order chi connectivity index (χ1) is 10.6. The molecule has 1 atom stereocenters. The van der Waals surface area contributed by atoms with E-state index in [1.165, 1.54) is 77.0 Å². The number of hydrogen-bond donors (Lipinski definition) is 0. The van der Waals surface area contributed by atoms with E-state index in [0.717, 1.165) is 11.8 Å². The van der Waals surface area contributed by atoms with E-state index >= 15 is 0 Å². The fourth-order valence-electron chi connectivity index (χ4n) is 2.45. The normalized spacial score (nSPS) is 11.3. The molecule has 0 aromatic carbocycles. The molecule has 0 radical (unpaired) electrons. The lowest BCUT2D eigenvalue weighted by molar-refractivity contribution is 0.396. The quantitative estimate of drug-likeness (QED) is 0.315. The van der Waals surface area contributed by atoms with Crippen LogP contribution in [0.2, 0.25) is 0 Å². The van der Waals surface area contributed by atoms with Crippen LogP contribution in [0.5, 0.6) is 0 Å². The summed E-state index contributed by atoms with van der Waals surface area (Å²) in [4.78, 5) is 0. The van der Waals surface area contributed by atoms with Crippen LogP contribution in [0, 0.1) is 11.8 Å². The summed E-state index contributed by atoms with van der Waals surface area (Å²) < 4.78 is 0. The second-order valence-electron chi connectivity index (χ2n) is 7.06. The van der Waals surface area contributed by atoms with E-state index in [1.54, 1.807) is 0 Å². The Morgan fingerprint density at radius 2 is 0.864 bits per heavy atom. The average molecular weight is 315 g/mol. The Balaban J connectivity index is -0.000000516. The molecule has 0 aliphatic heterocycles. The molecule has 0 spiro atoms. The lowest BCUT2D eigenvalue weighted by Gasteiger charge is -2.14. The van der Waals surface area contributed by atoms with Crippen molar-refractivity contribution in [3.05, 3.63) is 0 Å². The van der Waals surface area contributed by atoms with Crippen LogP contribution in [0.1, 0.15) is 132 Å². The zero-order chi connectivity index (χ0) is 17.6. The molecule has 22 heavy (non-hydrogen) atoms. The highest BCUT2D eigenvalue weighted by molar-refractivity contribution is 4.58. The molecule has 0 heteroatoms. The van der Waals surface area contributed by atoms with Crippen LogP contribution < -0.4 is 0 Å². The Morgan fingerprint density at radius 3 is 1.27 bits per heavy atom. The molecule has 0 amide bonds. The molecule has 0 nitrogen and oxygen atoms in total. The highest BCUT2D eigenvalue weighted by atomic mass is 14.1. The molecule has 1 unspecified atom stereocenters. The van der Waals surface area contributed by atoms with Gasteiger partial charge in [0.05, 0.1) is 0 Å². The minimum Gasteiger partial charge on any atom is -0.0683 e. The summed E-state index contributed by atoms with van der Waals surface area (Å²) in [5.41, 5.74) is 0. The highest BCUT2D eigenvalue weighted by Gasteiger charge is 2.05. The van der Waals surface area contributed by atoms with Gasteiger partial charge in [-0.3, -0.25) is 0 Å². The molecule has 0 aromatic heterocycles. The third-order valence-corrected chi connectivity index (χ3v) is 3.76. The molecule has 0 saturated carbocycles. The lowest BCUT2D eigenvalue weighted by Crippen LogP contribution is -1.99. The third kappa shape index (κ3) is 32.1. The molecule has 0 saturated heterocycles. The zero-order valence-corrected chi connectivity index (χ0v) is 17.6. The van der Waals surface area contributed by atoms with Crippen LogP contribution >= 0.6 is 0 Å². The topological polar surface area (TPSA) is 0 Å². The summed E-state index contributed by atoms with van der Waals surface area (Å²) in [6.07, 6.45) is 17.3. The molecule has 0 heterocycles. The first-order valence-electron chi connectivity index (χ1n) is 10.6. The van der Waals surface area contributed by atoms with Crippen LogP contribution in [0.4, 0.5) is 0 Å². The largest absolute Gasteiger partial charge is 0.0683 e. The minimum absolute atomic E-state index is 0.833. The van der Waals surface area contributed by atoms with E-state index in [4.69, 9.17) is 0 Å². The van der Waals surface area contributed by atoms with E-state index in [-0.39, 0.29) is 0 Å². The van der Waals surface area contributed by atoms with Crippen molar-refractivity contribution in [2.24, 2.45) is 11.8 Å². The summed E-state index contributed by atoms with van der Waals surface area (Å²) in [6.45, 7) is 17.5. The SMILES string of the molecule is CC.CC(C)C.CCCCCCCCC(CC)CCCCC. The maximum Gasteiger partial charge on any atom is -0.0417 e. The molecule has 0 aliphatic rings. The van der Waals surface area contributed by atoms with E-state index in [0.29, 0.717) is 0 Å². The van der Waals surface area contributed by atoms with Crippen molar-refractivity contribution in [1.82, 2.24) is 0 Å². The summed E-state index contributed by atoms with van der Waals surface area (Å²) in [5.74, 6) is 1.86. The Bertz CT molecular complexity index is 145. The van der Waals surface area contributed by atoms with Gasteiger partial charge in [-0.15, -0.1) is 0 Å². The summed E-state index contributed by atoms with van der Waals surface area (Å²) in [6, 6.07) is 0. The second-order valence-corrected chi connectivity index (χ2v) is 7.06. The lowest BCUT2D eigenvalue weighted by atomic mass is 9.92. The first-order valence-corrected chi connectivity index (χ1v) is 10.6. The standard InChI is InChI=1S/C16H34.C4H10.C2H6/c1-4-7-9-10-11-13-15-16(6-3)14-12-8-5-2;1-4(2)3;1-2/h16H,4-15H2,1-3H3;4H,1-3H3;1-2H3. The predicted molar refractivity (Wildman–Crippen MR) is 108 cm³/mol. The van der Waals surface area contributed by atoms with Crippen LogP contribution in [0.3, 0.4) is 0 Å². The van der Waals surface area contributed by atoms with Gasteiger partial charge in [0, 0.05) is 0 Å². The van der Waals surface area contributed by atoms with Gasteiger partial charge in [-0.25, -0.2) is 0 Å². The zero-order valence-electron chi connectivity index (χ0n) is 17.6. The Kier molecular flexibility index (Phi) is 31.7. The van der Waals surface area contributed by atoms with Crippen LogP contribution in [0.25, 0.3) is 0 Å². The van der Waals surface area contributed by atoms with E-state index in [2.05, 4.69) is 41.5 Å². The van der Waals surface area contributed by atoms with Crippen molar-refractivity contribution in [2.45, 2.75) is 132 Å². The van der Waals surface area contributed by atoms with Gasteiger partial charge in [0.25, 0.3) is 0 Å². The molecule has 0 N–H and O–H groups in total. The number of unbranched alkanes of at least 4 members (excludes halogenated alkanes) is 7. The summed E-state index contributed by atoms with van der Waals surface area (Å²) >= 11 is 0. The Hall–Kier alpha value is 0. The Labute approximate surface area is 144 Å². The van der Waals surface area contributed by atoms with Gasteiger partial charge in [-0.1, -0.05) is 132 Å². The van der Waals surface area contributed by atoms with Gasteiger partial charge >= 0.3 is 0 Å². The van der Waals surface area contributed by atoms with Crippen molar-refractivity contribution in [3.63, 3.8) is 0 Å². The third-order valence-electron chi connectivity index (χ3n) is 3.76. The molecular formula is C22H50. The van der Waals surface area contributed by atoms with Gasteiger partial charge in [-0.2, -0.15) is 0 Å².